The summed E-state index contributed by atoms with van der Waals surface area (Å²) in [7, 11) is 0. The van der Waals surface area contributed by atoms with Gasteiger partial charge in [0.15, 0.2) is 0 Å². The molecule has 7 heteroatoms. The average molecular weight is 1020 g/mol. The van der Waals surface area contributed by atoms with Gasteiger partial charge in [-0.05, 0) is 101 Å². The SMILES string of the molecule is Cc1cc(C(C)(C)C)cc(C)c1-c1ccc(N2[CH-]N(c3[c-]c(Oc4[c-]c5c(cc4)-c4ccccc4-c4ccccc4N5c4cc(C(C)(C)C)ccn4)ccc3)c3ccccc32)nc1.[Pt]. The van der Waals surface area contributed by atoms with E-state index in [0.717, 1.165) is 67.9 Å². The number of hydrogen-bond acceptors (Lipinski definition) is 6. The van der Waals surface area contributed by atoms with Crippen LogP contribution in [0.3, 0.4) is 0 Å². The molecule has 2 aliphatic rings. The van der Waals surface area contributed by atoms with Gasteiger partial charge >= 0.3 is 0 Å². The first kappa shape index (κ1) is 42.8. The molecule has 322 valence electrons. The Hall–Kier alpha value is -6.49. The summed E-state index contributed by atoms with van der Waals surface area (Å²) in [5.41, 5.74) is 16.7. The first-order valence-corrected chi connectivity index (χ1v) is 21.6. The molecule has 0 unspecified atom stereocenters. The Balaban J connectivity index is 0.00000518. The molecule has 6 aromatic carbocycles. The third-order valence-electron chi connectivity index (χ3n) is 12.2. The molecular weight excluding hydrogens is 966 g/mol. The summed E-state index contributed by atoms with van der Waals surface area (Å²) < 4.78 is 6.70. The summed E-state index contributed by atoms with van der Waals surface area (Å²) in [5, 5.41) is 0. The van der Waals surface area contributed by atoms with Crippen molar-refractivity contribution in [3.63, 3.8) is 0 Å². The van der Waals surface area contributed by atoms with Gasteiger partial charge in [-0.2, -0.15) is 12.1 Å². The van der Waals surface area contributed by atoms with Crippen LogP contribution < -0.4 is 19.4 Å². The van der Waals surface area contributed by atoms with Crippen LogP contribution in [0.5, 0.6) is 11.5 Å². The third-order valence-corrected chi connectivity index (χ3v) is 12.2. The van der Waals surface area contributed by atoms with Gasteiger partial charge in [-0.1, -0.05) is 120 Å². The summed E-state index contributed by atoms with van der Waals surface area (Å²) in [4.78, 5) is 16.5. The van der Waals surface area contributed by atoms with Gasteiger partial charge in [0, 0.05) is 67.5 Å². The van der Waals surface area contributed by atoms with Crippen molar-refractivity contribution in [3.05, 3.63) is 193 Å². The molecule has 0 amide bonds. The molecule has 8 aromatic rings. The van der Waals surface area contributed by atoms with E-state index >= 15 is 0 Å². The van der Waals surface area contributed by atoms with E-state index in [1.165, 1.54) is 27.8 Å². The molecule has 0 radical (unpaired) electrons. The van der Waals surface area contributed by atoms with E-state index in [4.69, 9.17) is 14.7 Å². The average Bonchev–Trinajstić information content (AvgIpc) is 3.61. The Bertz CT molecular complexity index is 3010. The van der Waals surface area contributed by atoms with E-state index in [1.54, 1.807) is 0 Å². The fourth-order valence-electron chi connectivity index (χ4n) is 8.90. The number of benzene rings is 6. The van der Waals surface area contributed by atoms with E-state index in [1.807, 2.05) is 30.6 Å². The van der Waals surface area contributed by atoms with Gasteiger partial charge in [0.25, 0.3) is 0 Å². The minimum absolute atomic E-state index is 0. The van der Waals surface area contributed by atoms with Crippen LogP contribution in [0, 0.1) is 32.6 Å². The first-order chi connectivity index (χ1) is 30.3. The molecule has 0 N–H and O–H groups in total. The second kappa shape index (κ2) is 16.6. The smallest absolute Gasteiger partial charge is 0.135 e. The molecular formula is C57H50N5OPt-3. The molecule has 2 aliphatic heterocycles. The molecule has 4 heterocycles. The molecule has 0 fully saturated rings. The molecule has 0 spiro atoms. The van der Waals surface area contributed by atoms with Gasteiger partial charge in [0.05, 0.1) is 5.69 Å². The van der Waals surface area contributed by atoms with Crippen LogP contribution in [0.15, 0.2) is 152 Å². The number of ether oxygens (including phenoxy) is 1. The standard InChI is InChI=1S/C57H50N5O.Pt/c1-37-30-41(57(6,7)8)31-38(2)55(37)39-24-27-53(59-35-39)61-36-60(50-22-13-14-23-51(50)61)42-16-15-17-43(33-42)63-44-25-26-48-46-19-10-9-18-45(46)47-20-11-12-21-49(47)62(52(48)34-44)54-32-40(28-29-58-54)56(3,4)5;/h9-32,35-36H,1-8H3;/q-3;. The van der Waals surface area contributed by atoms with Crippen LogP contribution in [-0.2, 0) is 31.9 Å². The molecule has 0 atom stereocenters. The van der Waals surface area contributed by atoms with Crippen molar-refractivity contribution in [2.75, 3.05) is 14.7 Å². The van der Waals surface area contributed by atoms with Gasteiger partial charge in [0.2, 0.25) is 0 Å². The van der Waals surface area contributed by atoms with Crippen molar-refractivity contribution >= 4 is 40.1 Å². The van der Waals surface area contributed by atoms with Crippen LogP contribution in [0.25, 0.3) is 33.4 Å². The second-order valence-corrected chi connectivity index (χ2v) is 18.6. The zero-order valence-corrected chi connectivity index (χ0v) is 39.7. The van der Waals surface area contributed by atoms with Crippen LogP contribution in [0.1, 0.15) is 63.8 Å². The predicted octanol–water partition coefficient (Wildman–Crippen LogP) is 15.3. The van der Waals surface area contributed by atoms with E-state index in [9.17, 15) is 0 Å². The van der Waals surface area contributed by atoms with Crippen molar-refractivity contribution in [1.29, 1.82) is 0 Å². The van der Waals surface area contributed by atoms with Crippen molar-refractivity contribution in [3.8, 4) is 44.9 Å². The Kier molecular flexibility index (Phi) is 11.1. The molecule has 0 saturated heterocycles. The molecule has 0 bridgehead atoms. The molecule has 10 rings (SSSR count). The number of anilines is 7. The number of para-hydroxylation sites is 3. The largest absolute Gasteiger partial charge is 0.509 e. The van der Waals surface area contributed by atoms with Gasteiger partial charge in [0.1, 0.15) is 11.6 Å². The number of rotatable bonds is 6. The zero-order valence-electron chi connectivity index (χ0n) is 37.5. The van der Waals surface area contributed by atoms with Gasteiger partial charge in [-0.15, -0.1) is 48.3 Å². The maximum atomic E-state index is 6.70. The van der Waals surface area contributed by atoms with E-state index < -0.39 is 0 Å². The fraction of sp³-hybridized carbons (Fsp3) is 0.175. The van der Waals surface area contributed by atoms with E-state index in [2.05, 4.69) is 210 Å². The number of pyridine rings is 2. The van der Waals surface area contributed by atoms with Crippen LogP contribution in [-0.4, -0.2) is 9.97 Å². The zero-order chi connectivity index (χ0) is 43.6. The van der Waals surface area contributed by atoms with Crippen molar-refractivity contribution in [2.45, 2.75) is 66.2 Å². The molecule has 6 nitrogen and oxygen atoms in total. The normalized spacial score (nSPS) is 13.0. The number of fused-ring (bicyclic) bond motifs is 6. The molecule has 0 saturated carbocycles. The molecule has 64 heavy (non-hydrogen) atoms. The summed E-state index contributed by atoms with van der Waals surface area (Å²) >= 11 is 0. The quantitative estimate of drug-likeness (QED) is 0.155. The summed E-state index contributed by atoms with van der Waals surface area (Å²) in [6, 6.07) is 56.1. The monoisotopic (exact) mass is 1020 g/mol. The summed E-state index contributed by atoms with van der Waals surface area (Å²) in [5.74, 6) is 2.80. The minimum atomic E-state index is -0.0619. The van der Waals surface area contributed by atoms with Crippen molar-refractivity contribution in [2.24, 2.45) is 0 Å². The Labute approximate surface area is 392 Å². The van der Waals surface area contributed by atoms with Crippen LogP contribution >= 0.6 is 0 Å². The topological polar surface area (TPSA) is 44.7 Å². The second-order valence-electron chi connectivity index (χ2n) is 18.6. The maximum absolute atomic E-state index is 6.70. The fourth-order valence-corrected chi connectivity index (χ4v) is 8.90. The number of aromatic nitrogens is 2. The maximum Gasteiger partial charge on any atom is 0.135 e. The number of nitrogens with zero attached hydrogens (tertiary/aromatic N) is 5. The number of hydrogen-bond donors (Lipinski definition) is 0. The van der Waals surface area contributed by atoms with Gasteiger partial charge < -0.3 is 19.4 Å². The van der Waals surface area contributed by atoms with Gasteiger partial charge in [-0.25, -0.2) is 9.97 Å². The summed E-state index contributed by atoms with van der Waals surface area (Å²) in [6.07, 6.45) is 3.90. The Morgan fingerprint density at radius 1 is 0.531 bits per heavy atom. The van der Waals surface area contributed by atoms with Gasteiger partial charge in [-0.3, -0.25) is 0 Å². The van der Waals surface area contributed by atoms with Crippen LogP contribution in [0.4, 0.5) is 40.1 Å². The Morgan fingerprint density at radius 3 is 1.83 bits per heavy atom. The predicted molar refractivity (Wildman–Crippen MR) is 259 cm³/mol. The minimum Gasteiger partial charge on any atom is -0.509 e. The third kappa shape index (κ3) is 7.79. The van der Waals surface area contributed by atoms with Crippen molar-refractivity contribution < 1.29 is 25.8 Å². The summed E-state index contributed by atoms with van der Waals surface area (Å²) in [6.45, 7) is 20.0. The van der Waals surface area contributed by atoms with Crippen LogP contribution in [0.2, 0.25) is 0 Å². The first-order valence-electron chi connectivity index (χ1n) is 21.6. The molecule has 0 aliphatic carbocycles. The van der Waals surface area contributed by atoms with E-state index in [0.29, 0.717) is 11.5 Å². The number of aryl methyl sites for hydroxylation is 2. The van der Waals surface area contributed by atoms with E-state index in [-0.39, 0.29) is 31.9 Å². The van der Waals surface area contributed by atoms with Crippen molar-refractivity contribution in [1.82, 2.24) is 9.97 Å². The Morgan fingerprint density at radius 2 is 1.16 bits per heavy atom. The molecule has 2 aromatic heterocycles.